The quantitative estimate of drug-likeness (QED) is 0.843. The molecule has 0 atom stereocenters. The van der Waals surface area contributed by atoms with Crippen molar-refractivity contribution in [1.82, 2.24) is 4.98 Å². The lowest BCUT2D eigenvalue weighted by Crippen LogP contribution is -1.97. The van der Waals surface area contributed by atoms with Crippen LogP contribution in [0.5, 0.6) is 5.75 Å². The maximum absolute atomic E-state index is 5.65. The summed E-state index contributed by atoms with van der Waals surface area (Å²) in [6.45, 7) is 0.505. The zero-order valence-electron chi connectivity index (χ0n) is 9.59. The molecule has 0 aliphatic rings. The third kappa shape index (κ3) is 3.39. The number of aromatic nitrogens is 1. The van der Waals surface area contributed by atoms with Gasteiger partial charge in [0.2, 0.25) is 0 Å². The number of anilines is 1. The van der Waals surface area contributed by atoms with Crippen LogP contribution in [0.25, 0.3) is 0 Å². The van der Waals surface area contributed by atoms with Crippen LogP contribution in [0.4, 0.5) is 5.82 Å². The van der Waals surface area contributed by atoms with Crippen molar-refractivity contribution in [2.24, 2.45) is 0 Å². The minimum absolute atomic E-state index is 0.505. The van der Waals surface area contributed by atoms with Gasteiger partial charge in [-0.3, -0.25) is 0 Å². The number of nitrogens with zero attached hydrogens (tertiary/aromatic N) is 1. The van der Waals surface area contributed by atoms with Gasteiger partial charge < -0.3 is 10.5 Å². The van der Waals surface area contributed by atoms with Crippen LogP contribution in [0.1, 0.15) is 5.56 Å². The molecular formula is C13H14N2OS. The summed E-state index contributed by atoms with van der Waals surface area (Å²) in [6.07, 6.45) is 3.74. The molecule has 0 bridgehead atoms. The van der Waals surface area contributed by atoms with E-state index in [0.29, 0.717) is 12.4 Å². The average Bonchev–Trinajstić information content (AvgIpc) is 2.37. The van der Waals surface area contributed by atoms with Gasteiger partial charge in [-0.05, 0) is 48.2 Å². The molecule has 1 heterocycles. The lowest BCUT2D eigenvalue weighted by Gasteiger charge is -2.07. The fourth-order valence-corrected chi connectivity index (χ4v) is 1.83. The first-order valence-corrected chi connectivity index (χ1v) is 6.47. The predicted molar refractivity (Wildman–Crippen MR) is 71.2 cm³/mol. The van der Waals surface area contributed by atoms with E-state index in [-0.39, 0.29) is 0 Å². The van der Waals surface area contributed by atoms with Crippen molar-refractivity contribution in [2.75, 3.05) is 12.0 Å². The van der Waals surface area contributed by atoms with Crippen LogP contribution in [0.3, 0.4) is 0 Å². The summed E-state index contributed by atoms with van der Waals surface area (Å²) < 4.78 is 5.65. The van der Waals surface area contributed by atoms with Gasteiger partial charge in [0.05, 0.1) is 0 Å². The Morgan fingerprint density at radius 2 is 2.00 bits per heavy atom. The van der Waals surface area contributed by atoms with Crippen molar-refractivity contribution >= 4 is 17.6 Å². The van der Waals surface area contributed by atoms with E-state index in [2.05, 4.69) is 11.2 Å². The van der Waals surface area contributed by atoms with Crippen LogP contribution >= 0.6 is 11.8 Å². The highest BCUT2D eigenvalue weighted by Gasteiger charge is 1.97. The monoisotopic (exact) mass is 246 g/mol. The van der Waals surface area contributed by atoms with Crippen LogP contribution in [0.15, 0.2) is 47.5 Å². The summed E-state index contributed by atoms with van der Waals surface area (Å²) in [5, 5.41) is 0. The van der Waals surface area contributed by atoms with Gasteiger partial charge in [0.1, 0.15) is 18.2 Å². The molecule has 0 spiro atoms. The van der Waals surface area contributed by atoms with Crippen LogP contribution in [0.2, 0.25) is 0 Å². The number of hydrogen-bond acceptors (Lipinski definition) is 4. The minimum Gasteiger partial charge on any atom is -0.489 e. The highest BCUT2D eigenvalue weighted by molar-refractivity contribution is 7.98. The van der Waals surface area contributed by atoms with E-state index >= 15 is 0 Å². The van der Waals surface area contributed by atoms with E-state index < -0.39 is 0 Å². The lowest BCUT2D eigenvalue weighted by molar-refractivity contribution is 0.306. The molecule has 0 fully saturated rings. The molecule has 2 rings (SSSR count). The summed E-state index contributed by atoms with van der Waals surface area (Å²) in [6, 6.07) is 11.7. The SMILES string of the molecule is CSc1ccc(OCc2ccnc(N)c2)cc1. The van der Waals surface area contributed by atoms with Crippen molar-refractivity contribution in [3.8, 4) is 5.75 Å². The zero-order chi connectivity index (χ0) is 12.1. The molecule has 1 aromatic carbocycles. The standard InChI is InChI=1S/C13H14N2OS/c1-17-12-4-2-11(3-5-12)16-9-10-6-7-15-13(14)8-10/h2-8H,9H2,1H3,(H2,14,15). The van der Waals surface area contributed by atoms with Crippen LogP contribution in [-0.2, 0) is 6.61 Å². The Morgan fingerprint density at radius 3 is 2.65 bits per heavy atom. The Bertz CT molecular complexity index is 485. The molecule has 0 saturated heterocycles. The number of ether oxygens (including phenoxy) is 1. The Labute approximate surface area is 105 Å². The van der Waals surface area contributed by atoms with Gasteiger partial charge >= 0.3 is 0 Å². The fraction of sp³-hybridized carbons (Fsp3) is 0.154. The van der Waals surface area contributed by atoms with Crippen molar-refractivity contribution in [2.45, 2.75) is 11.5 Å². The molecule has 0 aliphatic heterocycles. The molecule has 4 heteroatoms. The maximum Gasteiger partial charge on any atom is 0.123 e. The van der Waals surface area contributed by atoms with Gasteiger partial charge in [-0.2, -0.15) is 0 Å². The topological polar surface area (TPSA) is 48.1 Å². The van der Waals surface area contributed by atoms with E-state index in [0.717, 1.165) is 11.3 Å². The Kier molecular flexibility index (Phi) is 3.88. The fourth-order valence-electron chi connectivity index (χ4n) is 1.42. The van der Waals surface area contributed by atoms with Gasteiger partial charge in [0.15, 0.2) is 0 Å². The number of rotatable bonds is 4. The van der Waals surface area contributed by atoms with Crippen LogP contribution in [0, 0.1) is 0 Å². The smallest absolute Gasteiger partial charge is 0.123 e. The van der Waals surface area contributed by atoms with Crippen LogP contribution < -0.4 is 10.5 Å². The van der Waals surface area contributed by atoms with E-state index in [1.165, 1.54) is 4.90 Å². The largest absolute Gasteiger partial charge is 0.489 e. The number of benzene rings is 1. The number of pyridine rings is 1. The normalized spacial score (nSPS) is 10.2. The molecule has 88 valence electrons. The number of thioether (sulfide) groups is 1. The third-order valence-electron chi connectivity index (χ3n) is 2.31. The number of nitrogen functional groups attached to an aromatic ring is 1. The molecule has 0 aliphatic carbocycles. The first-order valence-electron chi connectivity index (χ1n) is 5.25. The summed E-state index contributed by atoms with van der Waals surface area (Å²) in [4.78, 5) is 5.16. The van der Waals surface area contributed by atoms with Gasteiger partial charge in [0, 0.05) is 11.1 Å². The molecule has 17 heavy (non-hydrogen) atoms. The second-order valence-corrected chi connectivity index (χ2v) is 4.43. The first kappa shape index (κ1) is 11.8. The molecule has 2 N–H and O–H groups in total. The van der Waals surface area contributed by atoms with E-state index in [1.54, 1.807) is 18.0 Å². The zero-order valence-corrected chi connectivity index (χ0v) is 10.4. The molecule has 0 radical (unpaired) electrons. The molecule has 0 saturated carbocycles. The van der Waals surface area contributed by atoms with E-state index in [4.69, 9.17) is 10.5 Å². The van der Waals surface area contributed by atoms with Crippen molar-refractivity contribution in [3.63, 3.8) is 0 Å². The second kappa shape index (κ2) is 5.59. The van der Waals surface area contributed by atoms with E-state index in [1.807, 2.05) is 36.4 Å². The molecule has 0 amide bonds. The molecule has 3 nitrogen and oxygen atoms in total. The van der Waals surface area contributed by atoms with Gasteiger partial charge in [0.25, 0.3) is 0 Å². The molecule has 1 aromatic heterocycles. The van der Waals surface area contributed by atoms with Crippen LogP contribution in [-0.4, -0.2) is 11.2 Å². The summed E-state index contributed by atoms with van der Waals surface area (Å²) in [7, 11) is 0. The second-order valence-electron chi connectivity index (χ2n) is 3.55. The summed E-state index contributed by atoms with van der Waals surface area (Å²) >= 11 is 1.71. The predicted octanol–water partition coefficient (Wildman–Crippen LogP) is 2.96. The highest BCUT2D eigenvalue weighted by Crippen LogP contribution is 2.19. The molecular weight excluding hydrogens is 232 g/mol. The van der Waals surface area contributed by atoms with Gasteiger partial charge in [-0.1, -0.05) is 0 Å². The van der Waals surface area contributed by atoms with E-state index in [9.17, 15) is 0 Å². The molecule has 2 aromatic rings. The minimum atomic E-state index is 0.505. The summed E-state index contributed by atoms with van der Waals surface area (Å²) in [5.74, 6) is 1.38. The third-order valence-corrected chi connectivity index (χ3v) is 3.05. The van der Waals surface area contributed by atoms with Crippen molar-refractivity contribution in [3.05, 3.63) is 48.2 Å². The Balaban J connectivity index is 1.97. The highest BCUT2D eigenvalue weighted by atomic mass is 32.2. The average molecular weight is 246 g/mol. The molecule has 0 unspecified atom stereocenters. The van der Waals surface area contributed by atoms with Crippen molar-refractivity contribution < 1.29 is 4.74 Å². The lowest BCUT2D eigenvalue weighted by atomic mass is 10.3. The summed E-state index contributed by atoms with van der Waals surface area (Å²) in [5.41, 5.74) is 6.62. The Hall–Kier alpha value is -1.68. The maximum atomic E-state index is 5.65. The number of nitrogens with two attached hydrogens (primary N) is 1. The van der Waals surface area contributed by atoms with Crippen molar-refractivity contribution in [1.29, 1.82) is 0 Å². The van der Waals surface area contributed by atoms with Gasteiger partial charge in [-0.25, -0.2) is 4.98 Å². The number of hydrogen-bond donors (Lipinski definition) is 1. The Morgan fingerprint density at radius 1 is 1.24 bits per heavy atom. The van der Waals surface area contributed by atoms with Gasteiger partial charge in [-0.15, -0.1) is 11.8 Å². The first-order chi connectivity index (χ1) is 8.28.